The molecule has 19 atom stereocenters. The molecule has 1 aromatic rings. The molecular formula is C57H93N7O16. The number of rotatable bonds is 13. The minimum absolute atomic E-state index is 0.0743. The Kier molecular flexibility index (Phi) is 30.3. The maximum atomic E-state index is 14.1. The van der Waals surface area contributed by atoms with E-state index < -0.39 is 147 Å². The number of aliphatic hydroxyl groups excluding tert-OH is 9. The van der Waals surface area contributed by atoms with Gasteiger partial charge >= 0.3 is 5.97 Å². The van der Waals surface area contributed by atoms with Crippen molar-refractivity contribution in [2.24, 2.45) is 29.2 Å². The Morgan fingerprint density at radius 1 is 0.738 bits per heavy atom. The van der Waals surface area contributed by atoms with Gasteiger partial charge in [-0.15, -0.1) is 0 Å². The quantitative estimate of drug-likeness (QED) is 0.116. The second kappa shape index (κ2) is 35.6. The first-order chi connectivity index (χ1) is 38.2. The average Bonchev–Trinajstić information content (AvgIpc) is 3.94. The molecule has 23 nitrogen and oxygen atoms in total. The number of ether oxygens (including phenoxy) is 4. The van der Waals surface area contributed by atoms with Crippen LogP contribution in [0.25, 0.3) is 0 Å². The fourth-order valence-corrected chi connectivity index (χ4v) is 10.1. The molecule has 3 aliphatic heterocycles. The molecule has 2 saturated heterocycles. The van der Waals surface area contributed by atoms with Gasteiger partial charge in [0.1, 0.15) is 24.9 Å². The highest BCUT2D eigenvalue weighted by molar-refractivity contribution is 5.80. The van der Waals surface area contributed by atoms with Gasteiger partial charge in [0, 0.05) is 44.1 Å². The summed E-state index contributed by atoms with van der Waals surface area (Å²) in [5, 5.41) is 120. The normalized spacial score (nSPS) is 36.4. The van der Waals surface area contributed by atoms with Crippen LogP contribution in [0.15, 0.2) is 97.7 Å². The fraction of sp³-hybridized carbons (Fsp3) is 0.684. The molecule has 1 amide bonds. The Labute approximate surface area is 470 Å². The summed E-state index contributed by atoms with van der Waals surface area (Å²) in [4.78, 5) is 32.7. The third-order valence-corrected chi connectivity index (χ3v) is 14.8. The summed E-state index contributed by atoms with van der Waals surface area (Å²) < 4.78 is 26.0. The van der Waals surface area contributed by atoms with Gasteiger partial charge in [-0.1, -0.05) is 98.9 Å². The maximum Gasteiger partial charge on any atom is 0.308 e. The number of carbonyl (C=O) groups excluding carboxylic acids is 2. The lowest BCUT2D eigenvalue weighted by molar-refractivity contribution is -0.311. The van der Waals surface area contributed by atoms with Crippen LogP contribution in [-0.2, 0) is 35.1 Å². The maximum absolute atomic E-state index is 14.1. The van der Waals surface area contributed by atoms with E-state index >= 15 is 0 Å². The predicted octanol–water partition coefficient (Wildman–Crippen LogP) is 0.0759. The van der Waals surface area contributed by atoms with Gasteiger partial charge in [-0.25, -0.2) is 4.98 Å². The van der Waals surface area contributed by atoms with E-state index in [4.69, 9.17) is 30.4 Å². The van der Waals surface area contributed by atoms with Crippen molar-refractivity contribution in [2.45, 2.75) is 196 Å². The molecule has 1 aromatic heterocycles. The Bertz CT molecular complexity index is 2140. The van der Waals surface area contributed by atoms with E-state index in [9.17, 15) is 60.7 Å². The number of amides is 1. The first-order valence-corrected chi connectivity index (χ1v) is 28.1. The second-order valence-electron chi connectivity index (χ2n) is 21.4. The van der Waals surface area contributed by atoms with Crippen LogP contribution in [-0.4, -0.2) is 213 Å². The van der Waals surface area contributed by atoms with Crippen LogP contribution >= 0.6 is 0 Å². The Morgan fingerprint density at radius 3 is 1.95 bits per heavy atom. The van der Waals surface area contributed by atoms with E-state index in [1.165, 1.54) is 17.3 Å². The molecule has 2 bridgehead atoms. The van der Waals surface area contributed by atoms with E-state index in [1.807, 2.05) is 54.4 Å². The van der Waals surface area contributed by atoms with Gasteiger partial charge in [-0.05, 0) is 72.1 Å². The predicted molar refractivity (Wildman–Crippen MR) is 297 cm³/mol. The molecule has 0 spiro atoms. The lowest BCUT2D eigenvalue weighted by Crippen LogP contribution is -2.64. The first-order valence-electron chi connectivity index (χ1n) is 28.1. The largest absolute Gasteiger partial charge is 0.462 e. The van der Waals surface area contributed by atoms with Crippen LogP contribution in [0.3, 0.4) is 0 Å². The van der Waals surface area contributed by atoms with Crippen LogP contribution in [0.5, 0.6) is 0 Å². The smallest absolute Gasteiger partial charge is 0.308 e. The van der Waals surface area contributed by atoms with Gasteiger partial charge < -0.3 is 86.8 Å². The molecule has 4 heterocycles. The van der Waals surface area contributed by atoms with Crippen molar-refractivity contribution in [1.29, 1.82) is 0 Å². The molecule has 0 radical (unpaired) electrons. The van der Waals surface area contributed by atoms with Gasteiger partial charge in [0.15, 0.2) is 12.1 Å². The van der Waals surface area contributed by atoms with Crippen LogP contribution in [0, 0.1) is 17.8 Å². The summed E-state index contributed by atoms with van der Waals surface area (Å²) >= 11 is 0. The van der Waals surface area contributed by atoms with E-state index in [0.717, 1.165) is 0 Å². The molecule has 0 aliphatic carbocycles. The number of esters is 1. The summed E-state index contributed by atoms with van der Waals surface area (Å²) in [5.41, 5.74) is 11.7. The molecule has 452 valence electrons. The van der Waals surface area contributed by atoms with Gasteiger partial charge in [0.25, 0.3) is 0 Å². The lowest BCUT2D eigenvalue weighted by atomic mass is 9.82. The number of nitrogens with zero attached hydrogens (tertiary/aromatic N) is 4. The Morgan fingerprint density at radius 2 is 1.35 bits per heavy atom. The summed E-state index contributed by atoms with van der Waals surface area (Å²) in [7, 11) is 0. The van der Waals surface area contributed by atoms with Crippen molar-refractivity contribution in [3.63, 3.8) is 0 Å². The number of carbonyl (C=O) groups is 2. The highest BCUT2D eigenvalue weighted by Gasteiger charge is 2.51. The molecule has 2 fully saturated rings. The SMILES string of the molecule is C[C@@H]1[C@H](O)[C@@H](C)C=CC=CC=CC=CC=CC=CC=C[C@H](O[C@@H]2O[C@H](C)[C@@H](O)[C@H](N(CCCN)CCCN)[C@@H]2O)C[C@@H]2O[C@](O)(C[C@@H](O)C[C@@H](O)[C@H](O)CC[C@@H](O)C[C@@H](O)CC(=O)O[C@H]1C)C[C@H](O)[C@H]2C(=O)NCCn1cncn1. The van der Waals surface area contributed by atoms with Gasteiger partial charge in [-0.3, -0.25) is 19.2 Å². The van der Waals surface area contributed by atoms with Gasteiger partial charge in [-0.2, -0.15) is 5.10 Å². The number of hydrogen-bond acceptors (Lipinski definition) is 21. The molecule has 0 aromatic carbocycles. The number of hydrogen-bond donors (Lipinski definition) is 13. The summed E-state index contributed by atoms with van der Waals surface area (Å²) in [5.74, 6) is -5.76. The molecule has 0 unspecified atom stereocenters. The Hall–Kier alpha value is -4.38. The molecule has 23 heteroatoms. The second-order valence-corrected chi connectivity index (χ2v) is 21.4. The monoisotopic (exact) mass is 1130 g/mol. The fourth-order valence-electron chi connectivity index (χ4n) is 10.1. The van der Waals surface area contributed by atoms with E-state index in [2.05, 4.69) is 15.4 Å². The molecule has 4 rings (SSSR count). The van der Waals surface area contributed by atoms with Gasteiger partial charge in [0.2, 0.25) is 5.91 Å². The van der Waals surface area contributed by atoms with Crippen molar-refractivity contribution in [3.8, 4) is 0 Å². The average molecular weight is 1130 g/mol. The van der Waals surface area contributed by atoms with Crippen LogP contribution in [0.1, 0.15) is 91.9 Å². The topological polar surface area (TPSA) is 371 Å². The third kappa shape index (κ3) is 23.1. The zero-order valence-corrected chi connectivity index (χ0v) is 46.8. The van der Waals surface area contributed by atoms with Crippen molar-refractivity contribution in [2.75, 3.05) is 32.7 Å². The summed E-state index contributed by atoms with van der Waals surface area (Å²) in [6, 6.07) is -0.861. The van der Waals surface area contributed by atoms with Crippen LogP contribution in [0.4, 0.5) is 0 Å². The van der Waals surface area contributed by atoms with Crippen molar-refractivity contribution in [1.82, 2.24) is 25.0 Å². The number of aliphatic hydroxyl groups is 10. The van der Waals surface area contributed by atoms with Crippen molar-refractivity contribution >= 4 is 11.9 Å². The molecule has 3 aliphatic rings. The third-order valence-electron chi connectivity index (χ3n) is 14.8. The van der Waals surface area contributed by atoms with Crippen LogP contribution < -0.4 is 16.8 Å². The first kappa shape index (κ1) is 68.1. The van der Waals surface area contributed by atoms with Crippen LogP contribution in [0.2, 0.25) is 0 Å². The molecule has 0 saturated carbocycles. The molecular weight excluding hydrogens is 1040 g/mol. The number of aromatic nitrogens is 3. The number of fused-ring (bicyclic) bond motifs is 2. The highest BCUT2D eigenvalue weighted by atomic mass is 16.7. The van der Waals surface area contributed by atoms with E-state index in [-0.39, 0.29) is 44.7 Å². The summed E-state index contributed by atoms with van der Waals surface area (Å²) in [6.07, 6.45) is 8.60. The molecule has 80 heavy (non-hydrogen) atoms. The zero-order valence-electron chi connectivity index (χ0n) is 46.8. The highest BCUT2D eigenvalue weighted by Crippen LogP contribution is 2.38. The lowest BCUT2D eigenvalue weighted by Gasteiger charge is -2.48. The minimum Gasteiger partial charge on any atom is -0.462 e. The van der Waals surface area contributed by atoms with E-state index in [1.54, 1.807) is 63.3 Å². The zero-order chi connectivity index (χ0) is 58.8. The Balaban J connectivity index is 1.67. The molecule has 15 N–H and O–H groups in total. The number of allylic oxidation sites excluding steroid dienone is 12. The van der Waals surface area contributed by atoms with Crippen molar-refractivity contribution < 1.29 is 79.6 Å². The number of nitrogens with two attached hydrogens (primary N) is 2. The van der Waals surface area contributed by atoms with E-state index in [0.29, 0.717) is 39.0 Å². The van der Waals surface area contributed by atoms with Crippen molar-refractivity contribution in [3.05, 3.63) is 97.7 Å². The minimum atomic E-state index is -2.31. The number of nitrogens with one attached hydrogen (secondary N) is 1. The van der Waals surface area contributed by atoms with Gasteiger partial charge in [0.05, 0.1) is 92.1 Å². The number of cyclic esters (lactones) is 1. The standard InChI is InChI=1S/C57H93N7O16/c1-37-19-15-13-11-9-7-5-6-8-10-12-14-16-20-44(79-56-54(74)51(53(73)40(4)78-56)63(26-17-23-58)27-18-24-59)32-48-50(55(75)61-25-28-64-36-60-35-62-64)47(70)34-57(76,80-48)33-43(67)30-46(69)45(68)22-21-41(65)29-42(66)31-49(71)77-39(3)38(2)52(37)72/h5-16,19-20,35-48,50-54,56,65-70,72-74,76H,17-18,21-34,58-59H2,1-4H3,(H,61,75)/t37-,38-,39-,40+,41+,42+,43-,44-,45+,46+,47-,48-,50+,51-,52+,53+,54-,56-,57+/m0/s1. The summed E-state index contributed by atoms with van der Waals surface area (Å²) in [6.45, 7) is 8.81.